The van der Waals surface area contributed by atoms with E-state index in [9.17, 15) is 14.4 Å². The van der Waals surface area contributed by atoms with Crippen molar-refractivity contribution >= 4 is 45.9 Å². The molecule has 3 N–H and O–H groups in total. The SMILES string of the molecule is CCOC(=O)c1c(NC(=O)CSc2nnc(-c3ccc(OC)c(OC)c3)n2C)sc(C(N)=O)c1C. The lowest BCUT2D eigenvalue weighted by Gasteiger charge is -2.09. The predicted molar refractivity (Wildman–Crippen MR) is 132 cm³/mol. The van der Waals surface area contributed by atoms with Crippen molar-refractivity contribution in [1.29, 1.82) is 0 Å². The van der Waals surface area contributed by atoms with Crippen LogP contribution in [0.25, 0.3) is 11.4 Å². The summed E-state index contributed by atoms with van der Waals surface area (Å²) in [6, 6.07) is 5.39. The fraction of sp³-hybridized carbons (Fsp3) is 0.318. The molecule has 0 atom stereocenters. The molecular formula is C22H25N5O6S2. The van der Waals surface area contributed by atoms with Gasteiger partial charge in [-0.15, -0.1) is 21.5 Å². The maximum absolute atomic E-state index is 12.7. The van der Waals surface area contributed by atoms with Crippen LogP contribution in [0.2, 0.25) is 0 Å². The summed E-state index contributed by atoms with van der Waals surface area (Å²) < 4.78 is 17.4. The molecule has 3 rings (SSSR count). The van der Waals surface area contributed by atoms with E-state index in [1.807, 2.05) is 6.07 Å². The molecule has 0 radical (unpaired) electrons. The Kier molecular flexibility index (Phi) is 8.35. The maximum Gasteiger partial charge on any atom is 0.341 e. The number of ether oxygens (including phenoxy) is 3. The molecule has 186 valence electrons. The lowest BCUT2D eigenvalue weighted by atomic mass is 10.1. The molecule has 0 saturated heterocycles. The van der Waals surface area contributed by atoms with Crippen molar-refractivity contribution in [2.45, 2.75) is 19.0 Å². The first-order chi connectivity index (χ1) is 16.7. The molecule has 0 aliphatic carbocycles. The van der Waals surface area contributed by atoms with Crippen LogP contribution in [0, 0.1) is 6.92 Å². The number of anilines is 1. The molecule has 0 bridgehead atoms. The predicted octanol–water partition coefficient (Wildman–Crippen LogP) is 2.88. The summed E-state index contributed by atoms with van der Waals surface area (Å²) in [5, 5.41) is 11.8. The van der Waals surface area contributed by atoms with E-state index in [1.54, 1.807) is 51.8 Å². The zero-order valence-electron chi connectivity index (χ0n) is 19.8. The van der Waals surface area contributed by atoms with Gasteiger partial charge < -0.3 is 29.8 Å². The minimum absolute atomic E-state index is 0.0109. The molecule has 0 aliphatic heterocycles. The Morgan fingerprint density at radius 2 is 1.89 bits per heavy atom. The van der Waals surface area contributed by atoms with Gasteiger partial charge >= 0.3 is 5.97 Å². The number of rotatable bonds is 10. The van der Waals surface area contributed by atoms with Crippen LogP contribution in [-0.2, 0) is 16.6 Å². The first kappa shape index (κ1) is 26.0. The Balaban J connectivity index is 1.75. The summed E-state index contributed by atoms with van der Waals surface area (Å²) in [5.74, 6) is 0.00479. The van der Waals surface area contributed by atoms with Crippen LogP contribution in [0.1, 0.15) is 32.5 Å². The van der Waals surface area contributed by atoms with Gasteiger partial charge in [0.2, 0.25) is 5.91 Å². The number of hydrogen-bond acceptors (Lipinski definition) is 10. The molecule has 11 nitrogen and oxygen atoms in total. The second kappa shape index (κ2) is 11.2. The largest absolute Gasteiger partial charge is 0.493 e. The third-order valence-electron chi connectivity index (χ3n) is 4.91. The molecule has 1 aromatic carbocycles. The summed E-state index contributed by atoms with van der Waals surface area (Å²) in [6.07, 6.45) is 0. The smallest absolute Gasteiger partial charge is 0.341 e. The summed E-state index contributed by atoms with van der Waals surface area (Å²) >= 11 is 2.11. The molecule has 2 heterocycles. The Hall–Kier alpha value is -3.58. The highest BCUT2D eigenvalue weighted by Crippen LogP contribution is 2.34. The second-order valence-corrected chi connectivity index (χ2v) is 9.08. The van der Waals surface area contributed by atoms with Crippen LogP contribution in [0.4, 0.5) is 5.00 Å². The number of hydrogen-bond donors (Lipinski definition) is 2. The number of amides is 2. The van der Waals surface area contributed by atoms with E-state index in [0.29, 0.717) is 28.0 Å². The zero-order valence-corrected chi connectivity index (χ0v) is 21.5. The monoisotopic (exact) mass is 519 g/mol. The highest BCUT2D eigenvalue weighted by molar-refractivity contribution is 7.99. The van der Waals surface area contributed by atoms with Gasteiger partial charge in [0.15, 0.2) is 22.5 Å². The van der Waals surface area contributed by atoms with Crippen molar-refractivity contribution in [1.82, 2.24) is 14.8 Å². The van der Waals surface area contributed by atoms with Gasteiger partial charge in [0.25, 0.3) is 5.91 Å². The van der Waals surface area contributed by atoms with Gasteiger partial charge in [-0.1, -0.05) is 11.8 Å². The number of benzene rings is 1. The fourth-order valence-corrected chi connectivity index (χ4v) is 5.02. The number of thioether (sulfide) groups is 1. The Morgan fingerprint density at radius 1 is 1.17 bits per heavy atom. The number of esters is 1. The highest BCUT2D eigenvalue weighted by Gasteiger charge is 2.26. The molecule has 13 heteroatoms. The molecule has 35 heavy (non-hydrogen) atoms. The van der Waals surface area contributed by atoms with Gasteiger partial charge in [0.05, 0.1) is 37.0 Å². The number of thiophene rings is 1. The summed E-state index contributed by atoms with van der Waals surface area (Å²) in [4.78, 5) is 37.0. The van der Waals surface area contributed by atoms with Crippen LogP contribution in [0.15, 0.2) is 23.4 Å². The van der Waals surface area contributed by atoms with Gasteiger partial charge in [-0.3, -0.25) is 9.59 Å². The molecule has 2 aromatic heterocycles. The number of nitrogens with two attached hydrogens (primary N) is 1. The van der Waals surface area contributed by atoms with Gasteiger partial charge in [0, 0.05) is 12.6 Å². The minimum atomic E-state index is -0.685. The van der Waals surface area contributed by atoms with Crippen molar-refractivity contribution in [3.05, 3.63) is 34.2 Å². The lowest BCUT2D eigenvalue weighted by molar-refractivity contribution is -0.113. The quantitative estimate of drug-likeness (QED) is 0.305. The van der Waals surface area contributed by atoms with E-state index in [4.69, 9.17) is 19.9 Å². The Morgan fingerprint density at radius 3 is 2.51 bits per heavy atom. The number of aromatic nitrogens is 3. The molecule has 0 saturated carbocycles. The highest BCUT2D eigenvalue weighted by atomic mass is 32.2. The van der Waals surface area contributed by atoms with Gasteiger partial charge in [0.1, 0.15) is 5.00 Å². The van der Waals surface area contributed by atoms with E-state index in [0.717, 1.165) is 16.9 Å². The first-order valence-corrected chi connectivity index (χ1v) is 12.2. The van der Waals surface area contributed by atoms with E-state index in [2.05, 4.69) is 15.5 Å². The third-order valence-corrected chi connectivity index (χ3v) is 7.15. The Bertz CT molecular complexity index is 1270. The van der Waals surface area contributed by atoms with E-state index in [-0.39, 0.29) is 27.8 Å². The van der Waals surface area contributed by atoms with Crippen molar-refractivity contribution in [3.8, 4) is 22.9 Å². The van der Waals surface area contributed by atoms with Crippen molar-refractivity contribution < 1.29 is 28.6 Å². The first-order valence-electron chi connectivity index (χ1n) is 10.4. The van der Waals surface area contributed by atoms with Gasteiger partial charge in [-0.05, 0) is 37.6 Å². The van der Waals surface area contributed by atoms with Crippen LogP contribution in [-0.4, -0.2) is 59.1 Å². The van der Waals surface area contributed by atoms with Crippen LogP contribution < -0.4 is 20.5 Å². The molecule has 0 fully saturated rings. The number of primary amides is 1. The van der Waals surface area contributed by atoms with E-state index >= 15 is 0 Å². The molecule has 0 aliphatic rings. The summed E-state index contributed by atoms with van der Waals surface area (Å²) in [7, 11) is 4.89. The van der Waals surface area contributed by atoms with Crippen LogP contribution in [0.3, 0.4) is 0 Å². The molecule has 0 spiro atoms. The molecule has 2 amide bonds. The molecule has 3 aromatic rings. The minimum Gasteiger partial charge on any atom is -0.493 e. The average molecular weight is 520 g/mol. The van der Waals surface area contributed by atoms with Crippen LogP contribution >= 0.6 is 23.1 Å². The Labute approximate surface area is 210 Å². The summed E-state index contributed by atoms with van der Waals surface area (Å²) in [6.45, 7) is 3.40. The van der Waals surface area contributed by atoms with E-state index in [1.165, 1.54) is 11.8 Å². The maximum atomic E-state index is 12.7. The topological polar surface area (TPSA) is 148 Å². The van der Waals surface area contributed by atoms with Gasteiger partial charge in [-0.25, -0.2) is 4.79 Å². The lowest BCUT2D eigenvalue weighted by Crippen LogP contribution is -2.17. The second-order valence-electron chi connectivity index (χ2n) is 7.12. The van der Waals surface area contributed by atoms with Gasteiger partial charge in [-0.2, -0.15) is 0 Å². The molecule has 0 unspecified atom stereocenters. The standard InChI is InChI=1S/C22H25N5O6S2/c1-6-33-21(30)16-11(2)17(18(23)29)35-20(16)24-15(28)10-34-22-26-25-19(27(22)3)12-7-8-13(31-4)14(9-12)32-5/h7-9H,6,10H2,1-5H3,(H2,23,29)(H,24,28). The van der Waals surface area contributed by atoms with E-state index < -0.39 is 17.8 Å². The number of carbonyl (C=O) groups is 3. The fourth-order valence-electron chi connectivity index (χ4n) is 3.25. The van der Waals surface area contributed by atoms with Crippen molar-refractivity contribution in [2.75, 3.05) is 31.9 Å². The normalized spacial score (nSPS) is 10.7. The molecular weight excluding hydrogens is 494 g/mol. The third kappa shape index (κ3) is 5.57. The zero-order chi connectivity index (χ0) is 25.7. The van der Waals surface area contributed by atoms with Crippen molar-refractivity contribution in [2.24, 2.45) is 12.8 Å². The number of methoxy groups -OCH3 is 2. The number of carbonyl (C=O) groups excluding carboxylic acids is 3. The number of nitrogens with one attached hydrogen (secondary N) is 1. The van der Waals surface area contributed by atoms with Crippen molar-refractivity contribution in [3.63, 3.8) is 0 Å². The average Bonchev–Trinajstić information content (AvgIpc) is 3.36. The van der Waals surface area contributed by atoms with Crippen LogP contribution in [0.5, 0.6) is 11.5 Å². The summed E-state index contributed by atoms with van der Waals surface area (Å²) in [5.41, 5.74) is 6.67. The number of nitrogens with zero attached hydrogens (tertiary/aromatic N) is 3.